The maximum Gasteiger partial charge on any atom is 0.253 e. The van der Waals surface area contributed by atoms with E-state index < -0.39 is 0 Å². The molecule has 1 saturated heterocycles. The number of aromatic nitrogens is 1. The third-order valence-electron chi connectivity index (χ3n) is 2.62. The van der Waals surface area contributed by atoms with Crippen LogP contribution < -0.4 is 5.32 Å². The van der Waals surface area contributed by atoms with Crippen LogP contribution in [-0.2, 0) is 4.74 Å². The minimum atomic E-state index is -0.267. The molecule has 1 unspecified atom stereocenters. The summed E-state index contributed by atoms with van der Waals surface area (Å²) in [6.07, 6.45) is 2.30. The largest absolute Gasteiger partial charge is 0.379 e. The first kappa shape index (κ1) is 11.4. The Labute approximate surface area is 99.0 Å². The molecule has 0 spiro atoms. The van der Waals surface area contributed by atoms with E-state index in [1.165, 1.54) is 6.20 Å². The monoisotopic (exact) mass is 240 g/mol. The van der Waals surface area contributed by atoms with E-state index in [1.54, 1.807) is 12.1 Å². The van der Waals surface area contributed by atoms with Gasteiger partial charge in [-0.15, -0.1) is 0 Å². The second-order valence-corrected chi connectivity index (χ2v) is 4.57. The number of rotatable bonds is 2. The van der Waals surface area contributed by atoms with Crippen molar-refractivity contribution >= 4 is 17.5 Å². The van der Waals surface area contributed by atoms with E-state index in [9.17, 15) is 4.79 Å². The molecule has 2 heterocycles. The van der Waals surface area contributed by atoms with E-state index in [0.717, 1.165) is 6.42 Å². The summed E-state index contributed by atoms with van der Waals surface area (Å²) in [7, 11) is 0. The predicted octanol–water partition coefficient (Wildman–Crippen LogP) is 1.64. The summed E-state index contributed by atoms with van der Waals surface area (Å²) in [5.41, 5.74) is 0.244. The molecule has 5 heteroatoms. The van der Waals surface area contributed by atoms with E-state index in [2.05, 4.69) is 10.3 Å². The first-order valence-corrected chi connectivity index (χ1v) is 5.49. The summed E-state index contributed by atoms with van der Waals surface area (Å²) in [5.74, 6) is -0.142. The van der Waals surface area contributed by atoms with Crippen molar-refractivity contribution in [3.8, 4) is 0 Å². The summed E-state index contributed by atoms with van der Waals surface area (Å²) in [6, 6.07) is 3.26. The molecule has 1 aliphatic rings. The van der Waals surface area contributed by atoms with Gasteiger partial charge in [-0.3, -0.25) is 4.79 Å². The van der Waals surface area contributed by atoms with Gasteiger partial charge in [0.2, 0.25) is 0 Å². The van der Waals surface area contributed by atoms with Gasteiger partial charge >= 0.3 is 0 Å². The lowest BCUT2D eigenvalue weighted by Gasteiger charge is -2.23. The highest BCUT2D eigenvalue weighted by atomic mass is 35.5. The molecule has 1 aromatic heterocycles. The maximum atomic E-state index is 11.9. The van der Waals surface area contributed by atoms with Crippen molar-refractivity contribution in [2.24, 2.45) is 0 Å². The van der Waals surface area contributed by atoms with Crippen molar-refractivity contribution in [1.82, 2.24) is 10.3 Å². The maximum absolute atomic E-state index is 11.9. The number of carbonyl (C=O) groups excluding carboxylic acids is 1. The zero-order chi connectivity index (χ0) is 11.6. The molecule has 86 valence electrons. The molecular weight excluding hydrogens is 228 g/mol. The van der Waals surface area contributed by atoms with Crippen LogP contribution in [0.2, 0.25) is 5.15 Å². The van der Waals surface area contributed by atoms with Crippen molar-refractivity contribution < 1.29 is 9.53 Å². The van der Waals surface area contributed by atoms with Gasteiger partial charge in [-0.05, 0) is 25.5 Å². The van der Waals surface area contributed by atoms with Gasteiger partial charge in [0.05, 0.1) is 17.7 Å². The molecule has 4 nitrogen and oxygen atoms in total. The van der Waals surface area contributed by atoms with Gasteiger partial charge in [0.15, 0.2) is 0 Å². The minimum Gasteiger partial charge on any atom is -0.379 e. The zero-order valence-electron chi connectivity index (χ0n) is 9.00. The van der Waals surface area contributed by atoms with Crippen LogP contribution in [0.25, 0.3) is 0 Å². The third-order valence-corrected chi connectivity index (χ3v) is 2.85. The van der Waals surface area contributed by atoms with Crippen LogP contribution in [0.4, 0.5) is 0 Å². The van der Waals surface area contributed by atoms with Gasteiger partial charge in [0.25, 0.3) is 5.91 Å². The molecule has 1 fully saturated rings. The normalized spacial score (nSPS) is 24.4. The van der Waals surface area contributed by atoms with E-state index in [0.29, 0.717) is 23.9 Å². The number of nitrogens with one attached hydrogen (secondary N) is 1. The lowest BCUT2D eigenvalue weighted by atomic mass is 10.0. The average Bonchev–Trinajstić information content (AvgIpc) is 2.65. The van der Waals surface area contributed by atoms with Gasteiger partial charge in [-0.2, -0.15) is 0 Å². The van der Waals surface area contributed by atoms with Crippen molar-refractivity contribution in [2.75, 3.05) is 13.2 Å². The number of amides is 1. The lowest BCUT2D eigenvalue weighted by molar-refractivity contribution is 0.0889. The second kappa shape index (κ2) is 4.39. The van der Waals surface area contributed by atoms with Crippen LogP contribution in [0.5, 0.6) is 0 Å². The summed E-state index contributed by atoms with van der Waals surface area (Å²) < 4.78 is 5.26. The summed E-state index contributed by atoms with van der Waals surface area (Å²) in [5, 5.41) is 3.33. The Morgan fingerprint density at radius 3 is 3.00 bits per heavy atom. The Balaban J connectivity index is 2.05. The first-order valence-electron chi connectivity index (χ1n) is 5.11. The number of carbonyl (C=O) groups is 1. The molecule has 1 aliphatic heterocycles. The molecule has 16 heavy (non-hydrogen) atoms. The average molecular weight is 241 g/mol. The molecule has 0 radical (unpaired) electrons. The number of halogens is 1. The fraction of sp³-hybridized carbons (Fsp3) is 0.455. The van der Waals surface area contributed by atoms with Crippen LogP contribution in [0.3, 0.4) is 0 Å². The highest BCUT2D eigenvalue weighted by molar-refractivity contribution is 6.29. The van der Waals surface area contributed by atoms with Gasteiger partial charge in [-0.1, -0.05) is 11.6 Å². The van der Waals surface area contributed by atoms with Crippen molar-refractivity contribution in [1.29, 1.82) is 0 Å². The van der Waals surface area contributed by atoms with Crippen LogP contribution in [0.15, 0.2) is 18.3 Å². The molecule has 0 aliphatic carbocycles. The van der Waals surface area contributed by atoms with Crippen molar-refractivity contribution in [3.63, 3.8) is 0 Å². The van der Waals surface area contributed by atoms with E-state index >= 15 is 0 Å². The van der Waals surface area contributed by atoms with Crippen LogP contribution in [0, 0.1) is 0 Å². The molecule has 0 bridgehead atoms. The van der Waals surface area contributed by atoms with E-state index in [-0.39, 0.29) is 11.4 Å². The van der Waals surface area contributed by atoms with Gasteiger partial charge < -0.3 is 10.1 Å². The van der Waals surface area contributed by atoms with Gasteiger partial charge in [0.1, 0.15) is 5.15 Å². The van der Waals surface area contributed by atoms with Crippen molar-refractivity contribution in [2.45, 2.75) is 18.9 Å². The predicted molar refractivity (Wildman–Crippen MR) is 60.6 cm³/mol. The van der Waals surface area contributed by atoms with Gasteiger partial charge in [0, 0.05) is 12.8 Å². The van der Waals surface area contributed by atoms with Crippen LogP contribution in [-0.4, -0.2) is 29.6 Å². The van der Waals surface area contributed by atoms with E-state index in [4.69, 9.17) is 16.3 Å². The summed E-state index contributed by atoms with van der Waals surface area (Å²) >= 11 is 5.65. The quantitative estimate of drug-likeness (QED) is 0.800. The number of pyridine rings is 1. The third kappa shape index (κ3) is 2.51. The topological polar surface area (TPSA) is 51.2 Å². The zero-order valence-corrected chi connectivity index (χ0v) is 9.75. The molecule has 2 rings (SSSR count). The SMILES string of the molecule is CC1(NC(=O)c2ccc(Cl)nc2)CCOC1. The Kier molecular flexibility index (Phi) is 3.12. The molecular formula is C11H13ClN2O2. The fourth-order valence-electron chi connectivity index (χ4n) is 1.62. The summed E-state index contributed by atoms with van der Waals surface area (Å²) in [6.45, 7) is 3.22. The first-order chi connectivity index (χ1) is 7.59. The Bertz CT molecular complexity index is 385. The van der Waals surface area contributed by atoms with Crippen LogP contribution >= 0.6 is 11.6 Å². The highest BCUT2D eigenvalue weighted by Crippen LogP contribution is 2.18. The van der Waals surface area contributed by atoms with Crippen LogP contribution in [0.1, 0.15) is 23.7 Å². The van der Waals surface area contributed by atoms with E-state index in [1.807, 2.05) is 6.92 Å². The fourth-order valence-corrected chi connectivity index (χ4v) is 1.73. The Morgan fingerprint density at radius 1 is 1.62 bits per heavy atom. The molecule has 1 N–H and O–H groups in total. The smallest absolute Gasteiger partial charge is 0.253 e. The van der Waals surface area contributed by atoms with Gasteiger partial charge in [-0.25, -0.2) is 4.98 Å². The number of hydrogen-bond acceptors (Lipinski definition) is 3. The standard InChI is InChI=1S/C11H13ClN2O2/c1-11(4-5-16-7-11)14-10(15)8-2-3-9(12)13-6-8/h2-3,6H,4-5,7H2,1H3,(H,14,15). The highest BCUT2D eigenvalue weighted by Gasteiger charge is 2.31. The molecule has 0 saturated carbocycles. The molecule has 0 aromatic carbocycles. The lowest BCUT2D eigenvalue weighted by Crippen LogP contribution is -2.46. The number of nitrogens with zero attached hydrogens (tertiary/aromatic N) is 1. The number of hydrogen-bond donors (Lipinski definition) is 1. The molecule has 1 aromatic rings. The minimum absolute atomic E-state index is 0.142. The molecule has 1 amide bonds. The Morgan fingerprint density at radius 2 is 2.44 bits per heavy atom. The second-order valence-electron chi connectivity index (χ2n) is 4.19. The van der Waals surface area contributed by atoms with Crippen molar-refractivity contribution in [3.05, 3.63) is 29.0 Å². The molecule has 1 atom stereocenters. The number of ether oxygens (including phenoxy) is 1. The summed E-state index contributed by atoms with van der Waals surface area (Å²) in [4.78, 5) is 15.7. The Hall–Kier alpha value is -1.13.